The Balaban J connectivity index is 1.23. The normalized spacial score (nSPS) is 16.6. The lowest BCUT2D eigenvalue weighted by molar-refractivity contribution is 0.00767. The highest BCUT2D eigenvalue weighted by Gasteiger charge is 2.53. The van der Waals surface area contributed by atoms with E-state index in [1.807, 2.05) is 23.1 Å². The summed E-state index contributed by atoms with van der Waals surface area (Å²) in [6, 6.07) is 12.6. The minimum absolute atomic E-state index is 0.0797. The van der Waals surface area contributed by atoms with Gasteiger partial charge in [0.1, 0.15) is 0 Å². The molecule has 0 radical (unpaired) electrons. The first kappa shape index (κ1) is 20.8. The van der Waals surface area contributed by atoms with Gasteiger partial charge in [0.2, 0.25) is 0 Å². The van der Waals surface area contributed by atoms with Gasteiger partial charge < -0.3 is 19.9 Å². The second-order valence-electron chi connectivity index (χ2n) is 7.87. The molecule has 0 aliphatic carbocycles. The summed E-state index contributed by atoms with van der Waals surface area (Å²) in [6.45, 7) is 5.82. The molecule has 2 aromatic carbocycles. The van der Waals surface area contributed by atoms with E-state index in [2.05, 4.69) is 10.2 Å². The van der Waals surface area contributed by atoms with Crippen LogP contribution < -0.4 is 10.2 Å². The standard InChI is InChI=1S/C22H23Cl2N3O3/c1-2-30-20(28)15-4-7-18(8-5-15)26-11-22(12-26)13-27(14-22)21(29)25-10-16-3-6-17(23)9-19(16)24/h3-9H,2,10-14H2,1H3,(H,25,29). The first-order valence-electron chi connectivity index (χ1n) is 9.88. The van der Waals surface area contributed by atoms with Crippen LogP contribution in [0.4, 0.5) is 10.5 Å². The van der Waals surface area contributed by atoms with E-state index >= 15 is 0 Å². The summed E-state index contributed by atoms with van der Waals surface area (Å²) in [5.41, 5.74) is 2.64. The second kappa shape index (κ2) is 8.36. The molecule has 2 saturated heterocycles. The average molecular weight is 448 g/mol. The molecule has 4 rings (SSSR count). The number of halogens is 2. The number of anilines is 1. The maximum atomic E-state index is 12.4. The molecule has 1 N–H and O–H groups in total. The fourth-order valence-corrected chi connectivity index (χ4v) is 4.50. The molecule has 0 atom stereocenters. The van der Waals surface area contributed by atoms with Gasteiger partial charge in [-0.2, -0.15) is 0 Å². The minimum atomic E-state index is -0.301. The molecule has 0 bridgehead atoms. The predicted octanol–water partition coefficient (Wildman–Crippen LogP) is 4.20. The van der Waals surface area contributed by atoms with Gasteiger partial charge in [-0.1, -0.05) is 29.3 Å². The van der Waals surface area contributed by atoms with Gasteiger partial charge in [-0.15, -0.1) is 0 Å². The molecule has 2 amide bonds. The number of esters is 1. The van der Waals surface area contributed by atoms with Gasteiger partial charge in [-0.3, -0.25) is 0 Å². The first-order chi connectivity index (χ1) is 14.4. The lowest BCUT2D eigenvalue weighted by Crippen LogP contribution is -2.73. The number of nitrogens with zero attached hydrogens (tertiary/aromatic N) is 2. The van der Waals surface area contributed by atoms with Crippen LogP contribution in [0.2, 0.25) is 10.0 Å². The Hall–Kier alpha value is -2.44. The molecule has 8 heteroatoms. The number of nitrogens with one attached hydrogen (secondary N) is 1. The fraction of sp³-hybridized carbons (Fsp3) is 0.364. The van der Waals surface area contributed by atoms with E-state index in [1.165, 1.54) is 0 Å². The van der Waals surface area contributed by atoms with Gasteiger partial charge in [-0.05, 0) is 48.9 Å². The second-order valence-corrected chi connectivity index (χ2v) is 8.72. The third-order valence-electron chi connectivity index (χ3n) is 5.58. The Morgan fingerprint density at radius 1 is 1.07 bits per heavy atom. The highest BCUT2D eigenvalue weighted by atomic mass is 35.5. The van der Waals surface area contributed by atoms with Gasteiger partial charge in [0.05, 0.1) is 12.2 Å². The van der Waals surface area contributed by atoms with E-state index in [0.29, 0.717) is 28.8 Å². The SMILES string of the molecule is CCOC(=O)c1ccc(N2CC3(CN(C(=O)NCc4ccc(Cl)cc4Cl)C3)C2)cc1. The number of rotatable bonds is 5. The lowest BCUT2D eigenvalue weighted by Gasteiger charge is -2.60. The van der Waals surface area contributed by atoms with Gasteiger partial charge >= 0.3 is 12.0 Å². The molecule has 2 aromatic rings. The van der Waals surface area contributed by atoms with Crippen LogP contribution in [0, 0.1) is 5.41 Å². The van der Waals surface area contributed by atoms with E-state index in [0.717, 1.165) is 37.4 Å². The fourth-order valence-electron chi connectivity index (χ4n) is 4.02. The zero-order valence-electron chi connectivity index (χ0n) is 16.7. The summed E-state index contributed by atoms with van der Waals surface area (Å²) in [5.74, 6) is -0.301. The molecule has 2 heterocycles. The Morgan fingerprint density at radius 2 is 1.77 bits per heavy atom. The van der Waals surface area contributed by atoms with Crippen LogP contribution in [0.1, 0.15) is 22.8 Å². The quantitative estimate of drug-likeness (QED) is 0.697. The van der Waals surface area contributed by atoms with E-state index in [4.69, 9.17) is 27.9 Å². The van der Waals surface area contributed by atoms with Crippen molar-refractivity contribution in [3.05, 3.63) is 63.6 Å². The monoisotopic (exact) mass is 447 g/mol. The molecule has 2 aliphatic heterocycles. The zero-order chi connectivity index (χ0) is 21.3. The van der Waals surface area contributed by atoms with Crippen molar-refractivity contribution >= 4 is 40.9 Å². The topological polar surface area (TPSA) is 61.9 Å². The smallest absolute Gasteiger partial charge is 0.338 e. The Kier molecular flexibility index (Phi) is 5.80. The number of likely N-dealkylation sites (tertiary alicyclic amines) is 1. The molecule has 1 spiro atoms. The van der Waals surface area contributed by atoms with Crippen LogP contribution in [0.15, 0.2) is 42.5 Å². The van der Waals surface area contributed by atoms with Crippen molar-refractivity contribution in [2.24, 2.45) is 5.41 Å². The van der Waals surface area contributed by atoms with Crippen LogP contribution in [0.3, 0.4) is 0 Å². The molecule has 0 unspecified atom stereocenters. The third kappa shape index (κ3) is 4.20. The van der Waals surface area contributed by atoms with Crippen molar-refractivity contribution in [2.45, 2.75) is 13.5 Å². The van der Waals surface area contributed by atoms with Crippen LogP contribution in [0.25, 0.3) is 0 Å². The molecular weight excluding hydrogens is 425 g/mol. The zero-order valence-corrected chi connectivity index (χ0v) is 18.2. The number of benzene rings is 2. The maximum absolute atomic E-state index is 12.4. The van der Waals surface area contributed by atoms with Crippen molar-refractivity contribution in [1.29, 1.82) is 0 Å². The Morgan fingerprint density at radius 3 is 2.40 bits per heavy atom. The summed E-state index contributed by atoms with van der Waals surface area (Å²) in [7, 11) is 0. The van der Waals surface area contributed by atoms with Crippen molar-refractivity contribution in [3.8, 4) is 0 Å². The minimum Gasteiger partial charge on any atom is -0.462 e. The third-order valence-corrected chi connectivity index (χ3v) is 6.17. The number of amides is 2. The number of hydrogen-bond donors (Lipinski definition) is 1. The molecule has 0 aromatic heterocycles. The van der Waals surface area contributed by atoms with Crippen molar-refractivity contribution in [3.63, 3.8) is 0 Å². The van der Waals surface area contributed by atoms with E-state index in [-0.39, 0.29) is 17.4 Å². The van der Waals surface area contributed by atoms with Crippen LogP contribution in [-0.4, -0.2) is 49.7 Å². The first-order valence-corrected chi connectivity index (χ1v) is 10.6. The van der Waals surface area contributed by atoms with Gasteiger partial charge in [0.15, 0.2) is 0 Å². The number of carbonyl (C=O) groups excluding carboxylic acids is 2. The summed E-state index contributed by atoms with van der Waals surface area (Å²) in [4.78, 5) is 28.2. The summed E-state index contributed by atoms with van der Waals surface area (Å²) in [6.07, 6.45) is 0. The van der Waals surface area contributed by atoms with E-state index in [9.17, 15) is 9.59 Å². The molecule has 2 fully saturated rings. The Bertz CT molecular complexity index is 951. The highest BCUT2D eigenvalue weighted by molar-refractivity contribution is 6.35. The van der Waals surface area contributed by atoms with Gasteiger partial charge in [0.25, 0.3) is 0 Å². The predicted molar refractivity (Wildman–Crippen MR) is 117 cm³/mol. The van der Waals surface area contributed by atoms with Gasteiger partial charge in [0, 0.05) is 53.9 Å². The largest absolute Gasteiger partial charge is 0.462 e. The van der Waals surface area contributed by atoms with E-state index in [1.54, 1.807) is 31.2 Å². The summed E-state index contributed by atoms with van der Waals surface area (Å²) >= 11 is 12.1. The molecule has 6 nitrogen and oxygen atoms in total. The van der Waals surface area contributed by atoms with Crippen LogP contribution in [-0.2, 0) is 11.3 Å². The summed E-state index contributed by atoms with van der Waals surface area (Å²) in [5, 5.41) is 4.04. The van der Waals surface area contributed by atoms with Crippen molar-refractivity contribution < 1.29 is 14.3 Å². The van der Waals surface area contributed by atoms with Crippen LogP contribution >= 0.6 is 23.2 Å². The number of carbonyl (C=O) groups is 2. The molecule has 2 aliphatic rings. The highest BCUT2D eigenvalue weighted by Crippen LogP contribution is 2.41. The van der Waals surface area contributed by atoms with E-state index < -0.39 is 0 Å². The number of urea groups is 1. The number of hydrogen-bond acceptors (Lipinski definition) is 4. The molecular formula is C22H23Cl2N3O3. The maximum Gasteiger partial charge on any atom is 0.338 e. The van der Waals surface area contributed by atoms with Crippen molar-refractivity contribution in [2.75, 3.05) is 37.7 Å². The average Bonchev–Trinajstić information content (AvgIpc) is 2.66. The molecule has 0 saturated carbocycles. The lowest BCUT2D eigenvalue weighted by atomic mass is 9.72. The van der Waals surface area contributed by atoms with Crippen LogP contribution in [0.5, 0.6) is 0 Å². The van der Waals surface area contributed by atoms with Gasteiger partial charge in [-0.25, -0.2) is 9.59 Å². The Labute approximate surface area is 185 Å². The van der Waals surface area contributed by atoms with Crippen molar-refractivity contribution in [1.82, 2.24) is 10.2 Å². The summed E-state index contributed by atoms with van der Waals surface area (Å²) < 4.78 is 5.01. The number of ether oxygens (including phenoxy) is 1. The molecule has 158 valence electrons. The molecule has 30 heavy (non-hydrogen) atoms.